The monoisotopic (exact) mass is 196 g/mol. The van der Waals surface area contributed by atoms with Gasteiger partial charge in [-0.3, -0.25) is 0 Å². The van der Waals surface area contributed by atoms with Crippen LogP contribution in [-0.2, 0) is 4.74 Å². The summed E-state index contributed by atoms with van der Waals surface area (Å²) in [4.78, 5) is 0. The molecule has 1 aliphatic rings. The summed E-state index contributed by atoms with van der Waals surface area (Å²) in [6, 6.07) is 0. The first-order chi connectivity index (χ1) is 5.91. The standard InChI is InChI=1S/C9H15F3O/c1-8(5-3-2-4-6-8)13-7-9(10,11)12/h2-7H2,1H3. The Hall–Kier alpha value is -0.250. The Bertz CT molecular complexity index is 159. The van der Waals surface area contributed by atoms with Crippen molar-refractivity contribution < 1.29 is 17.9 Å². The van der Waals surface area contributed by atoms with Gasteiger partial charge in [-0.2, -0.15) is 13.2 Å². The second-order valence-electron chi connectivity index (χ2n) is 3.91. The minimum absolute atomic E-state index is 0.534. The number of ether oxygens (including phenoxy) is 1. The van der Waals surface area contributed by atoms with Gasteiger partial charge in [0.1, 0.15) is 6.61 Å². The SMILES string of the molecule is CC1(OCC(F)(F)F)CCCCC1. The van der Waals surface area contributed by atoms with Crippen molar-refractivity contribution in [2.24, 2.45) is 0 Å². The molecular formula is C9H15F3O. The van der Waals surface area contributed by atoms with Gasteiger partial charge in [0.05, 0.1) is 5.60 Å². The maximum atomic E-state index is 11.9. The van der Waals surface area contributed by atoms with Crippen molar-refractivity contribution in [3.63, 3.8) is 0 Å². The number of halogens is 3. The van der Waals surface area contributed by atoms with E-state index in [1.165, 1.54) is 0 Å². The highest BCUT2D eigenvalue weighted by Crippen LogP contribution is 2.32. The van der Waals surface area contributed by atoms with Gasteiger partial charge >= 0.3 is 6.18 Å². The molecule has 0 spiro atoms. The Kier molecular flexibility index (Phi) is 3.22. The average Bonchev–Trinajstić information content (AvgIpc) is 2.02. The fourth-order valence-corrected chi connectivity index (χ4v) is 1.70. The van der Waals surface area contributed by atoms with Gasteiger partial charge in [-0.1, -0.05) is 19.3 Å². The van der Waals surface area contributed by atoms with E-state index in [0.717, 1.165) is 32.1 Å². The lowest BCUT2D eigenvalue weighted by Crippen LogP contribution is -2.35. The van der Waals surface area contributed by atoms with Crippen LogP contribution in [0, 0.1) is 0 Å². The topological polar surface area (TPSA) is 9.23 Å². The highest BCUT2D eigenvalue weighted by atomic mass is 19.4. The highest BCUT2D eigenvalue weighted by molar-refractivity contribution is 4.79. The molecule has 1 aliphatic carbocycles. The normalized spacial score (nSPS) is 23.1. The van der Waals surface area contributed by atoms with Crippen molar-refractivity contribution in [1.29, 1.82) is 0 Å². The zero-order valence-corrected chi connectivity index (χ0v) is 7.78. The summed E-state index contributed by atoms with van der Waals surface area (Å²) in [5.74, 6) is 0. The van der Waals surface area contributed by atoms with Crippen molar-refractivity contribution in [1.82, 2.24) is 0 Å². The first-order valence-electron chi connectivity index (χ1n) is 4.62. The van der Waals surface area contributed by atoms with E-state index in [0.29, 0.717) is 0 Å². The van der Waals surface area contributed by atoms with Gasteiger partial charge in [-0.25, -0.2) is 0 Å². The second-order valence-corrected chi connectivity index (χ2v) is 3.91. The van der Waals surface area contributed by atoms with Crippen molar-refractivity contribution in [2.45, 2.75) is 50.8 Å². The minimum Gasteiger partial charge on any atom is -0.366 e. The van der Waals surface area contributed by atoms with Gasteiger partial charge in [0.15, 0.2) is 0 Å². The molecule has 78 valence electrons. The molecule has 0 aromatic carbocycles. The van der Waals surface area contributed by atoms with Gasteiger partial charge in [0, 0.05) is 0 Å². The lowest BCUT2D eigenvalue weighted by atomic mass is 9.86. The smallest absolute Gasteiger partial charge is 0.366 e. The minimum atomic E-state index is -4.19. The first-order valence-corrected chi connectivity index (χ1v) is 4.62. The fraction of sp³-hybridized carbons (Fsp3) is 1.00. The van der Waals surface area contributed by atoms with Crippen LogP contribution >= 0.6 is 0 Å². The Morgan fingerprint density at radius 1 is 1.15 bits per heavy atom. The van der Waals surface area contributed by atoms with E-state index in [9.17, 15) is 13.2 Å². The van der Waals surface area contributed by atoms with Gasteiger partial charge in [0.2, 0.25) is 0 Å². The third-order valence-corrected chi connectivity index (χ3v) is 2.50. The molecular weight excluding hydrogens is 181 g/mol. The molecule has 4 heteroatoms. The van der Waals surface area contributed by atoms with Gasteiger partial charge < -0.3 is 4.74 Å². The summed E-state index contributed by atoms with van der Waals surface area (Å²) in [5.41, 5.74) is -0.534. The van der Waals surface area contributed by atoms with Crippen molar-refractivity contribution in [3.05, 3.63) is 0 Å². The lowest BCUT2D eigenvalue weighted by molar-refractivity contribution is -0.207. The van der Waals surface area contributed by atoms with Crippen LogP contribution in [0.4, 0.5) is 13.2 Å². The van der Waals surface area contributed by atoms with E-state index < -0.39 is 18.4 Å². The summed E-state index contributed by atoms with van der Waals surface area (Å²) >= 11 is 0. The second kappa shape index (κ2) is 3.86. The number of hydrogen-bond donors (Lipinski definition) is 0. The molecule has 1 nitrogen and oxygen atoms in total. The van der Waals surface area contributed by atoms with Crippen LogP contribution < -0.4 is 0 Å². The van der Waals surface area contributed by atoms with Crippen molar-refractivity contribution in [3.8, 4) is 0 Å². The Morgan fingerprint density at radius 3 is 2.15 bits per heavy atom. The molecule has 0 unspecified atom stereocenters. The molecule has 0 atom stereocenters. The summed E-state index contributed by atoms with van der Waals surface area (Å²) in [7, 11) is 0. The summed E-state index contributed by atoms with van der Waals surface area (Å²) in [6.45, 7) is 0.668. The van der Waals surface area contributed by atoms with Gasteiger partial charge in [0.25, 0.3) is 0 Å². The highest BCUT2D eigenvalue weighted by Gasteiger charge is 2.34. The van der Waals surface area contributed by atoms with E-state index in [2.05, 4.69) is 0 Å². The van der Waals surface area contributed by atoms with Crippen LogP contribution in [0.2, 0.25) is 0 Å². The third-order valence-electron chi connectivity index (χ3n) is 2.50. The molecule has 1 fully saturated rings. The van der Waals surface area contributed by atoms with Crippen LogP contribution in [0.5, 0.6) is 0 Å². The van der Waals surface area contributed by atoms with Gasteiger partial charge in [-0.15, -0.1) is 0 Å². The first kappa shape index (κ1) is 10.8. The zero-order valence-electron chi connectivity index (χ0n) is 7.78. The van der Waals surface area contributed by atoms with Gasteiger partial charge in [-0.05, 0) is 19.8 Å². The maximum absolute atomic E-state index is 11.9. The number of alkyl halides is 3. The Labute approximate surface area is 76.3 Å². The quantitative estimate of drug-likeness (QED) is 0.658. The molecule has 0 aliphatic heterocycles. The van der Waals surface area contributed by atoms with Crippen LogP contribution in [0.15, 0.2) is 0 Å². The maximum Gasteiger partial charge on any atom is 0.411 e. The van der Waals surface area contributed by atoms with Crippen molar-refractivity contribution >= 4 is 0 Å². The predicted octanol–water partition coefficient (Wildman–Crippen LogP) is 3.29. The molecule has 1 saturated carbocycles. The van der Waals surface area contributed by atoms with Crippen molar-refractivity contribution in [2.75, 3.05) is 6.61 Å². The van der Waals surface area contributed by atoms with E-state index in [1.54, 1.807) is 6.92 Å². The van der Waals surface area contributed by atoms with E-state index >= 15 is 0 Å². The molecule has 0 N–H and O–H groups in total. The van der Waals surface area contributed by atoms with E-state index in [1.807, 2.05) is 0 Å². The van der Waals surface area contributed by atoms with Crippen LogP contribution in [0.25, 0.3) is 0 Å². The predicted molar refractivity (Wildman–Crippen MR) is 43.5 cm³/mol. The lowest BCUT2D eigenvalue weighted by Gasteiger charge is -2.33. The molecule has 0 radical (unpaired) electrons. The molecule has 0 aromatic rings. The number of hydrogen-bond acceptors (Lipinski definition) is 1. The molecule has 13 heavy (non-hydrogen) atoms. The summed E-state index contributed by atoms with van der Waals surface area (Å²) in [5, 5.41) is 0. The zero-order chi connectivity index (χ0) is 9.95. The molecule has 0 amide bonds. The Morgan fingerprint density at radius 2 is 1.69 bits per heavy atom. The average molecular weight is 196 g/mol. The summed E-state index contributed by atoms with van der Waals surface area (Å²) in [6.07, 6.45) is 0.389. The molecule has 0 aromatic heterocycles. The molecule has 0 saturated heterocycles. The largest absolute Gasteiger partial charge is 0.411 e. The Balaban J connectivity index is 2.33. The third kappa shape index (κ3) is 3.98. The van der Waals surface area contributed by atoms with Crippen LogP contribution in [-0.4, -0.2) is 18.4 Å². The molecule has 1 rings (SSSR count). The fourth-order valence-electron chi connectivity index (χ4n) is 1.70. The molecule has 0 heterocycles. The van der Waals surface area contributed by atoms with Crippen LogP contribution in [0.1, 0.15) is 39.0 Å². The molecule has 0 bridgehead atoms. The van der Waals surface area contributed by atoms with Crippen LogP contribution in [0.3, 0.4) is 0 Å². The van der Waals surface area contributed by atoms with E-state index in [-0.39, 0.29) is 0 Å². The van der Waals surface area contributed by atoms with E-state index in [4.69, 9.17) is 4.74 Å². The number of rotatable bonds is 2. The summed E-state index contributed by atoms with van der Waals surface area (Å²) < 4.78 is 40.5.